The molecule has 0 aromatic rings. The molecule has 0 aliphatic carbocycles. The summed E-state index contributed by atoms with van der Waals surface area (Å²) < 4.78 is 0.655. The van der Waals surface area contributed by atoms with E-state index in [-0.39, 0.29) is 25.9 Å². The van der Waals surface area contributed by atoms with E-state index in [4.69, 9.17) is 12.2 Å². The van der Waals surface area contributed by atoms with Gasteiger partial charge in [-0.1, -0.05) is 12.2 Å². The zero-order valence-electron chi connectivity index (χ0n) is 7.22. The Hall–Kier alpha value is 1.01. The Balaban J connectivity index is -0.0000000600. The smallest absolute Gasteiger partial charge is 1.00 e. The van der Waals surface area contributed by atoms with E-state index in [1.165, 1.54) is 0 Å². The first-order valence-electron chi connectivity index (χ1n) is 2.12. The summed E-state index contributed by atoms with van der Waals surface area (Å²) in [5.41, 5.74) is 0. The van der Waals surface area contributed by atoms with E-state index >= 15 is 0 Å². The second kappa shape index (κ2) is 6.13. The molecule has 0 spiro atoms. The molecule has 0 saturated heterocycles. The number of hydrogen-bond donors (Lipinski definition) is 1. The SMILES string of the molecule is CCN(C)C(=S)S.[H-].[H-].[Mg+2]. The van der Waals surface area contributed by atoms with Gasteiger partial charge in [-0.15, -0.1) is 12.6 Å². The number of thiol groups is 1. The molecule has 8 heavy (non-hydrogen) atoms. The van der Waals surface area contributed by atoms with E-state index in [0.29, 0.717) is 4.32 Å². The third-order valence-corrected chi connectivity index (χ3v) is 1.45. The van der Waals surface area contributed by atoms with Crippen molar-refractivity contribution in [3.05, 3.63) is 0 Å². The molecule has 0 saturated carbocycles. The van der Waals surface area contributed by atoms with Gasteiger partial charge in [-0.2, -0.15) is 0 Å². The van der Waals surface area contributed by atoms with Gasteiger partial charge in [0.25, 0.3) is 0 Å². The average molecular weight is 162 g/mol. The van der Waals surface area contributed by atoms with Crippen molar-refractivity contribution in [1.82, 2.24) is 4.90 Å². The summed E-state index contributed by atoms with van der Waals surface area (Å²) in [7, 11) is 1.91. The minimum absolute atomic E-state index is 0. The second-order valence-electron chi connectivity index (χ2n) is 1.30. The van der Waals surface area contributed by atoms with E-state index in [2.05, 4.69) is 12.6 Å². The van der Waals surface area contributed by atoms with Crippen molar-refractivity contribution >= 4 is 52.2 Å². The maximum absolute atomic E-state index is 4.71. The van der Waals surface area contributed by atoms with E-state index < -0.39 is 0 Å². The number of nitrogens with zero attached hydrogens (tertiary/aromatic N) is 1. The average Bonchev–Trinajstić information content (AvgIpc) is 1.65. The van der Waals surface area contributed by atoms with Gasteiger partial charge in [-0.3, -0.25) is 0 Å². The first kappa shape index (κ1) is 11.8. The van der Waals surface area contributed by atoms with Crippen molar-refractivity contribution < 1.29 is 2.85 Å². The molecule has 0 rings (SSSR count). The van der Waals surface area contributed by atoms with Crippen molar-refractivity contribution in [2.45, 2.75) is 6.92 Å². The first-order valence-corrected chi connectivity index (χ1v) is 2.98. The topological polar surface area (TPSA) is 3.24 Å². The van der Waals surface area contributed by atoms with Crippen LogP contribution in [0.15, 0.2) is 0 Å². The predicted molar refractivity (Wildman–Crippen MR) is 47.9 cm³/mol. The van der Waals surface area contributed by atoms with E-state index in [0.717, 1.165) is 6.54 Å². The van der Waals surface area contributed by atoms with Crippen LogP contribution in [0, 0.1) is 0 Å². The maximum Gasteiger partial charge on any atom is 2.00 e. The number of hydrogen-bond acceptors (Lipinski definition) is 1. The van der Waals surface area contributed by atoms with E-state index in [1.54, 1.807) is 0 Å². The minimum Gasteiger partial charge on any atom is -1.00 e. The van der Waals surface area contributed by atoms with Crippen molar-refractivity contribution in [3.8, 4) is 0 Å². The standard InChI is InChI=1S/C4H9NS2.Mg.2H/c1-3-5(2)4(6)7;;;/h3H2,1-2H3,(H,6,7);;;/q;+2;2*-1. The summed E-state index contributed by atoms with van der Waals surface area (Å²) in [5, 5.41) is 0. The Kier molecular flexibility index (Phi) is 9.01. The Labute approximate surface area is 80.3 Å². The summed E-state index contributed by atoms with van der Waals surface area (Å²) >= 11 is 8.64. The van der Waals surface area contributed by atoms with Crippen LogP contribution in [0.2, 0.25) is 0 Å². The summed E-state index contributed by atoms with van der Waals surface area (Å²) in [6, 6.07) is 0. The van der Waals surface area contributed by atoms with Gasteiger partial charge in [0.1, 0.15) is 4.32 Å². The van der Waals surface area contributed by atoms with E-state index in [1.807, 2.05) is 18.9 Å². The van der Waals surface area contributed by atoms with Gasteiger partial charge in [0, 0.05) is 13.6 Å². The minimum atomic E-state index is 0. The summed E-state index contributed by atoms with van der Waals surface area (Å²) in [6.45, 7) is 2.96. The summed E-state index contributed by atoms with van der Waals surface area (Å²) in [4.78, 5) is 1.89. The Morgan fingerprint density at radius 3 is 2.25 bits per heavy atom. The van der Waals surface area contributed by atoms with Crippen LogP contribution in [0.5, 0.6) is 0 Å². The fraction of sp³-hybridized carbons (Fsp3) is 0.750. The molecule has 0 N–H and O–H groups in total. The normalized spacial score (nSPS) is 7.38. The van der Waals surface area contributed by atoms with Gasteiger partial charge in [0.2, 0.25) is 0 Å². The second-order valence-corrected chi connectivity index (χ2v) is 2.41. The molecule has 0 aliphatic rings. The monoisotopic (exact) mass is 161 g/mol. The molecule has 4 heteroatoms. The molecule has 0 bridgehead atoms. The van der Waals surface area contributed by atoms with Crippen molar-refractivity contribution in [2.24, 2.45) is 0 Å². The third kappa shape index (κ3) is 5.15. The maximum atomic E-state index is 4.71. The molecule has 0 aromatic heterocycles. The fourth-order valence-electron chi connectivity index (χ4n) is 0.135. The molecular weight excluding hydrogens is 150 g/mol. The molecule has 0 atom stereocenters. The van der Waals surface area contributed by atoms with Gasteiger partial charge >= 0.3 is 23.1 Å². The van der Waals surface area contributed by atoms with Crippen LogP contribution >= 0.6 is 24.8 Å². The molecule has 0 aliphatic heterocycles. The van der Waals surface area contributed by atoms with Crippen LogP contribution in [0.1, 0.15) is 9.78 Å². The van der Waals surface area contributed by atoms with Crippen molar-refractivity contribution in [2.75, 3.05) is 13.6 Å². The molecule has 0 radical (unpaired) electrons. The summed E-state index contributed by atoms with van der Waals surface area (Å²) in [6.07, 6.45) is 0. The largest absolute Gasteiger partial charge is 2.00 e. The predicted octanol–water partition coefficient (Wildman–Crippen LogP) is 0.997. The Bertz CT molecular complexity index is 83.7. The fourth-order valence-corrected chi connectivity index (χ4v) is 0.406. The molecule has 0 amide bonds. The first-order chi connectivity index (χ1) is 3.18. The molecular formula is C4H11MgNS2. The molecule has 0 unspecified atom stereocenters. The van der Waals surface area contributed by atoms with Crippen molar-refractivity contribution in [1.29, 1.82) is 0 Å². The third-order valence-electron chi connectivity index (χ3n) is 0.801. The van der Waals surface area contributed by atoms with Crippen LogP contribution in [0.4, 0.5) is 0 Å². The van der Waals surface area contributed by atoms with Crippen LogP contribution in [0.3, 0.4) is 0 Å². The van der Waals surface area contributed by atoms with Crippen molar-refractivity contribution in [3.63, 3.8) is 0 Å². The van der Waals surface area contributed by atoms with Crippen LogP contribution in [0.25, 0.3) is 0 Å². The quantitative estimate of drug-likeness (QED) is 0.347. The molecule has 0 heterocycles. The van der Waals surface area contributed by atoms with Gasteiger partial charge in [0.05, 0.1) is 0 Å². The van der Waals surface area contributed by atoms with Gasteiger partial charge in [-0.05, 0) is 6.92 Å². The van der Waals surface area contributed by atoms with Gasteiger partial charge in [0.15, 0.2) is 0 Å². The van der Waals surface area contributed by atoms with Gasteiger partial charge < -0.3 is 7.75 Å². The zero-order valence-corrected chi connectivity index (χ0v) is 8.34. The van der Waals surface area contributed by atoms with Crippen LogP contribution in [-0.2, 0) is 0 Å². The number of rotatable bonds is 1. The van der Waals surface area contributed by atoms with Gasteiger partial charge in [-0.25, -0.2) is 0 Å². The zero-order chi connectivity index (χ0) is 5.86. The molecule has 46 valence electrons. The van der Waals surface area contributed by atoms with Crippen LogP contribution < -0.4 is 0 Å². The summed E-state index contributed by atoms with van der Waals surface area (Å²) in [5.74, 6) is 0. The molecule has 0 aromatic carbocycles. The number of thiocarbonyl (C=S) groups is 1. The van der Waals surface area contributed by atoms with E-state index in [9.17, 15) is 0 Å². The molecule has 1 nitrogen and oxygen atoms in total. The Morgan fingerprint density at radius 1 is 1.88 bits per heavy atom. The van der Waals surface area contributed by atoms with Crippen LogP contribution in [-0.4, -0.2) is 45.9 Å². The Morgan fingerprint density at radius 2 is 2.25 bits per heavy atom. The molecule has 0 fully saturated rings.